The Morgan fingerprint density at radius 3 is 2.80 bits per heavy atom. The number of ketones is 1. The number of nitrogens with zero attached hydrogens (tertiary/aromatic N) is 1. The van der Waals surface area contributed by atoms with E-state index in [1.807, 2.05) is 36.5 Å². The minimum Gasteiger partial charge on any atom is -0.496 e. The summed E-state index contributed by atoms with van der Waals surface area (Å²) in [6.07, 6.45) is 3.22. The van der Waals surface area contributed by atoms with Gasteiger partial charge in [0.2, 0.25) is 0 Å². The van der Waals surface area contributed by atoms with Crippen molar-refractivity contribution in [2.75, 3.05) is 12.4 Å². The molecule has 2 heterocycles. The lowest BCUT2D eigenvalue weighted by Gasteiger charge is -2.40. The molecule has 4 nitrogen and oxygen atoms in total. The maximum absolute atomic E-state index is 13.4. The molecule has 0 saturated carbocycles. The van der Waals surface area contributed by atoms with Gasteiger partial charge >= 0.3 is 0 Å². The summed E-state index contributed by atoms with van der Waals surface area (Å²) < 4.78 is 6.63. The first-order valence-electron chi connectivity index (χ1n) is 10.1. The van der Waals surface area contributed by atoms with E-state index >= 15 is 0 Å². The predicted octanol–water partition coefficient (Wildman–Crippen LogP) is 6.32. The number of rotatable bonds is 2. The van der Waals surface area contributed by atoms with Gasteiger partial charge in [-0.2, -0.15) is 0 Å². The summed E-state index contributed by atoms with van der Waals surface area (Å²) in [6.45, 7) is 4.35. The number of Topliss-reactive ketones (excluding diaryl/α,β-unsaturated/α-hetero) is 1. The second kappa shape index (κ2) is 6.95. The lowest BCUT2D eigenvalue weighted by atomic mass is 9.68. The number of benzene rings is 2. The topological polar surface area (TPSA) is 51.2 Å². The Morgan fingerprint density at radius 1 is 1.17 bits per heavy atom. The Balaban J connectivity index is 1.82. The molecular weight excluding hydrogens is 440 g/mol. The van der Waals surface area contributed by atoms with Gasteiger partial charge in [0.25, 0.3) is 0 Å². The van der Waals surface area contributed by atoms with E-state index in [9.17, 15) is 4.79 Å². The second-order valence-electron chi connectivity index (χ2n) is 8.86. The molecule has 0 amide bonds. The quantitative estimate of drug-likeness (QED) is 0.484. The fourth-order valence-corrected chi connectivity index (χ4v) is 5.23. The van der Waals surface area contributed by atoms with Crippen LogP contribution in [-0.4, -0.2) is 17.9 Å². The van der Waals surface area contributed by atoms with Gasteiger partial charge in [-0.25, -0.2) is 0 Å². The molecule has 5 heteroatoms. The molecule has 2 aliphatic rings. The van der Waals surface area contributed by atoms with Gasteiger partial charge in [0.05, 0.1) is 24.4 Å². The van der Waals surface area contributed by atoms with Crippen LogP contribution in [0.2, 0.25) is 0 Å². The van der Waals surface area contributed by atoms with E-state index in [1.165, 1.54) is 0 Å². The largest absolute Gasteiger partial charge is 0.496 e. The number of allylic oxidation sites excluding steroid dienone is 1. The molecule has 1 N–H and O–H groups in total. The maximum atomic E-state index is 13.4. The van der Waals surface area contributed by atoms with Gasteiger partial charge in [0, 0.05) is 39.2 Å². The molecule has 0 spiro atoms. The summed E-state index contributed by atoms with van der Waals surface area (Å²) in [5, 5.41) is 4.76. The van der Waals surface area contributed by atoms with Crippen molar-refractivity contribution in [3.05, 3.63) is 69.8 Å². The van der Waals surface area contributed by atoms with Crippen LogP contribution in [0.3, 0.4) is 0 Å². The van der Waals surface area contributed by atoms with E-state index in [1.54, 1.807) is 7.11 Å². The van der Waals surface area contributed by atoms with Crippen LogP contribution in [0.1, 0.15) is 43.9 Å². The van der Waals surface area contributed by atoms with Crippen LogP contribution in [-0.2, 0) is 4.79 Å². The third kappa shape index (κ3) is 3.03. The molecule has 30 heavy (non-hydrogen) atoms. The van der Waals surface area contributed by atoms with Gasteiger partial charge < -0.3 is 10.1 Å². The number of hydrogen-bond donors (Lipinski definition) is 1. The zero-order valence-corrected chi connectivity index (χ0v) is 18.8. The monoisotopic (exact) mass is 462 g/mol. The standard InChI is InChI=1S/C25H23BrN2O2/c1-25(2)12-18-15-7-8-19-16(5-4-10-27-19)23(15)28-24(22(18)20(29)13-25)17-11-14(26)6-9-21(17)30-3/h4-11,24,28H,12-13H2,1-3H3. The lowest BCUT2D eigenvalue weighted by Crippen LogP contribution is -2.33. The van der Waals surface area contributed by atoms with Crippen molar-refractivity contribution in [2.24, 2.45) is 5.41 Å². The van der Waals surface area contributed by atoms with Crippen LogP contribution in [0.15, 0.2) is 58.7 Å². The molecule has 1 aliphatic heterocycles. The van der Waals surface area contributed by atoms with E-state index in [-0.39, 0.29) is 17.2 Å². The Labute approximate surface area is 184 Å². The number of hydrogen-bond acceptors (Lipinski definition) is 4. The smallest absolute Gasteiger partial charge is 0.162 e. The van der Waals surface area contributed by atoms with Gasteiger partial charge in [-0.15, -0.1) is 0 Å². The minimum atomic E-state index is -0.269. The SMILES string of the molecule is COc1ccc(Br)cc1C1Nc2c(ccc3ncccc23)C2=C1C(=O)CC(C)(C)C2. The predicted molar refractivity (Wildman–Crippen MR) is 124 cm³/mol. The number of fused-ring (bicyclic) bond motifs is 4. The number of nitrogens with one attached hydrogen (secondary N) is 1. The summed E-state index contributed by atoms with van der Waals surface area (Å²) in [5.74, 6) is 0.972. The third-order valence-electron chi connectivity index (χ3n) is 6.11. The van der Waals surface area contributed by atoms with Gasteiger partial charge in [-0.1, -0.05) is 35.8 Å². The molecule has 0 bridgehead atoms. The molecule has 1 unspecified atom stereocenters. The Kier molecular flexibility index (Phi) is 4.47. The maximum Gasteiger partial charge on any atom is 0.162 e. The van der Waals surface area contributed by atoms with Crippen molar-refractivity contribution in [3.63, 3.8) is 0 Å². The number of pyridine rings is 1. The van der Waals surface area contributed by atoms with E-state index < -0.39 is 0 Å². The lowest BCUT2D eigenvalue weighted by molar-refractivity contribution is -0.118. The van der Waals surface area contributed by atoms with Gasteiger partial charge in [0.1, 0.15) is 5.75 Å². The molecule has 0 fully saturated rings. The van der Waals surface area contributed by atoms with E-state index in [0.29, 0.717) is 6.42 Å². The Bertz CT molecular complexity index is 1230. The van der Waals surface area contributed by atoms with E-state index in [2.05, 4.69) is 52.2 Å². The fraction of sp³-hybridized carbons (Fsp3) is 0.280. The van der Waals surface area contributed by atoms with E-state index in [4.69, 9.17) is 4.74 Å². The minimum absolute atomic E-state index is 0.0691. The Hall–Kier alpha value is -2.66. The van der Waals surface area contributed by atoms with Crippen LogP contribution >= 0.6 is 15.9 Å². The molecule has 2 aromatic carbocycles. The second-order valence-corrected chi connectivity index (χ2v) is 9.77. The van der Waals surface area contributed by atoms with Crippen molar-refractivity contribution in [1.29, 1.82) is 0 Å². The number of anilines is 1. The van der Waals surface area contributed by atoms with Crippen LogP contribution in [0.5, 0.6) is 5.75 Å². The molecule has 0 radical (unpaired) electrons. The van der Waals surface area contributed by atoms with Gasteiger partial charge in [0.15, 0.2) is 5.78 Å². The molecule has 152 valence electrons. The number of methoxy groups -OCH3 is 1. The normalized spacial score (nSPS) is 19.9. The molecular formula is C25H23BrN2O2. The molecule has 0 saturated heterocycles. The highest BCUT2D eigenvalue weighted by molar-refractivity contribution is 9.10. The van der Waals surface area contributed by atoms with Crippen LogP contribution in [0.4, 0.5) is 5.69 Å². The molecule has 1 atom stereocenters. The number of ether oxygens (including phenoxy) is 1. The van der Waals surface area contributed by atoms with E-state index in [0.717, 1.165) is 55.5 Å². The van der Waals surface area contributed by atoms with Crippen LogP contribution < -0.4 is 10.1 Å². The number of halogens is 1. The Morgan fingerprint density at radius 2 is 2.00 bits per heavy atom. The van der Waals surface area contributed by atoms with Crippen molar-refractivity contribution in [2.45, 2.75) is 32.7 Å². The highest BCUT2D eigenvalue weighted by Gasteiger charge is 2.41. The summed E-state index contributed by atoms with van der Waals surface area (Å²) in [4.78, 5) is 18.0. The average molecular weight is 463 g/mol. The van der Waals surface area contributed by atoms with Crippen molar-refractivity contribution >= 4 is 43.9 Å². The highest BCUT2D eigenvalue weighted by Crippen LogP contribution is 2.52. The summed E-state index contributed by atoms with van der Waals surface area (Å²) in [6, 6.07) is 13.9. The van der Waals surface area contributed by atoms with Crippen molar-refractivity contribution < 1.29 is 9.53 Å². The first kappa shape index (κ1) is 19.3. The zero-order chi connectivity index (χ0) is 21.0. The van der Waals surface area contributed by atoms with Crippen molar-refractivity contribution in [1.82, 2.24) is 4.98 Å². The summed E-state index contributed by atoms with van der Waals surface area (Å²) in [5.41, 5.74) is 5.98. The van der Waals surface area contributed by atoms with Crippen LogP contribution in [0.25, 0.3) is 16.5 Å². The summed E-state index contributed by atoms with van der Waals surface area (Å²) >= 11 is 3.59. The first-order chi connectivity index (χ1) is 14.4. The highest BCUT2D eigenvalue weighted by atomic mass is 79.9. The average Bonchev–Trinajstić information content (AvgIpc) is 2.72. The molecule has 1 aromatic heterocycles. The number of aromatic nitrogens is 1. The fourth-order valence-electron chi connectivity index (χ4n) is 4.85. The molecule has 5 rings (SSSR count). The zero-order valence-electron chi connectivity index (χ0n) is 17.3. The van der Waals surface area contributed by atoms with Gasteiger partial charge in [-0.05, 0) is 53.8 Å². The van der Waals surface area contributed by atoms with Crippen molar-refractivity contribution in [3.8, 4) is 5.75 Å². The number of carbonyl (C=O) groups excluding carboxylic acids is 1. The molecule has 3 aromatic rings. The summed E-state index contributed by atoms with van der Waals surface area (Å²) in [7, 11) is 1.67. The van der Waals surface area contributed by atoms with Gasteiger partial charge in [-0.3, -0.25) is 9.78 Å². The third-order valence-corrected chi connectivity index (χ3v) is 6.60. The first-order valence-corrected chi connectivity index (χ1v) is 10.9. The van der Waals surface area contributed by atoms with Crippen LogP contribution in [0, 0.1) is 5.41 Å². The number of carbonyl (C=O) groups is 1. The molecule has 1 aliphatic carbocycles.